The van der Waals surface area contributed by atoms with Gasteiger partial charge in [-0.05, 0) is 24.0 Å². The molecule has 0 aliphatic carbocycles. The lowest BCUT2D eigenvalue weighted by Crippen LogP contribution is -2.55. The molecule has 0 radical (unpaired) electrons. The quantitative estimate of drug-likeness (QED) is 0.706. The zero-order valence-electron chi connectivity index (χ0n) is 14.4. The highest BCUT2D eigenvalue weighted by atomic mass is 35.5. The highest BCUT2D eigenvalue weighted by Gasteiger charge is 2.39. The van der Waals surface area contributed by atoms with Crippen LogP contribution in [0.15, 0.2) is 60.7 Å². The summed E-state index contributed by atoms with van der Waals surface area (Å²) in [5, 5.41) is 3.48. The summed E-state index contributed by atoms with van der Waals surface area (Å²) in [6, 6.07) is 21.9. The molecule has 1 N–H and O–H groups in total. The molecule has 1 saturated heterocycles. The van der Waals surface area contributed by atoms with Crippen LogP contribution in [-0.2, 0) is 5.54 Å². The minimum atomic E-state index is -0.0838. The molecule has 1 fully saturated rings. The monoisotopic (exact) mass is 400 g/mol. The average molecular weight is 402 g/mol. The van der Waals surface area contributed by atoms with Crippen molar-refractivity contribution in [3.05, 3.63) is 71.8 Å². The number of hydrogen-bond acceptors (Lipinski definition) is 2. The largest absolute Gasteiger partial charge is 0.314 e. The first kappa shape index (κ1) is 22.3. The molecule has 0 unspecified atom stereocenters. The van der Waals surface area contributed by atoms with Gasteiger partial charge in [-0.2, -0.15) is 0 Å². The minimum absolute atomic E-state index is 0. The molecular formula is C20H27Cl3N2. The Balaban J connectivity index is 0.00000156. The molecule has 0 saturated carbocycles. The van der Waals surface area contributed by atoms with Gasteiger partial charge in [0.2, 0.25) is 0 Å². The molecule has 2 aromatic carbocycles. The van der Waals surface area contributed by atoms with Gasteiger partial charge in [0.15, 0.2) is 0 Å². The second-order valence-corrected chi connectivity index (χ2v) is 6.50. The zero-order chi connectivity index (χ0) is 16.0. The summed E-state index contributed by atoms with van der Waals surface area (Å²) in [4.78, 5) is 2.64. The summed E-state index contributed by atoms with van der Waals surface area (Å²) in [6.45, 7) is 4.21. The molecule has 1 heterocycles. The molecule has 2 nitrogen and oxygen atoms in total. The molecule has 1 aliphatic rings. The summed E-state index contributed by atoms with van der Waals surface area (Å²) in [5.74, 6) is 0.702. The van der Waals surface area contributed by atoms with Crippen LogP contribution in [-0.4, -0.2) is 37.0 Å². The Morgan fingerprint density at radius 1 is 0.840 bits per heavy atom. The van der Waals surface area contributed by atoms with E-state index in [0.717, 1.165) is 39.0 Å². The minimum Gasteiger partial charge on any atom is -0.314 e. The number of halogens is 3. The van der Waals surface area contributed by atoms with Crippen LogP contribution in [0.3, 0.4) is 0 Å². The maximum absolute atomic E-state index is 6.09. The van der Waals surface area contributed by atoms with Gasteiger partial charge in [-0.3, -0.25) is 4.90 Å². The Kier molecular flexibility index (Phi) is 9.84. The number of hydrogen-bond donors (Lipinski definition) is 1. The van der Waals surface area contributed by atoms with Crippen molar-refractivity contribution in [2.45, 2.75) is 18.4 Å². The summed E-state index contributed by atoms with van der Waals surface area (Å²) in [7, 11) is 0. The van der Waals surface area contributed by atoms with E-state index in [0.29, 0.717) is 5.88 Å². The molecule has 0 atom stereocenters. The van der Waals surface area contributed by atoms with Gasteiger partial charge in [0.05, 0.1) is 5.54 Å². The third-order valence-corrected chi connectivity index (χ3v) is 5.10. The first-order valence-corrected chi connectivity index (χ1v) is 9.04. The molecule has 0 bridgehead atoms. The summed E-state index contributed by atoms with van der Waals surface area (Å²) >= 11 is 6.09. The highest BCUT2D eigenvalue weighted by Crippen LogP contribution is 2.40. The van der Waals surface area contributed by atoms with Crippen molar-refractivity contribution >= 4 is 36.4 Å². The van der Waals surface area contributed by atoms with Crippen LogP contribution < -0.4 is 5.32 Å². The van der Waals surface area contributed by atoms with E-state index in [4.69, 9.17) is 11.6 Å². The fourth-order valence-electron chi connectivity index (χ4n) is 3.78. The Labute approximate surface area is 168 Å². The molecule has 0 spiro atoms. The van der Waals surface area contributed by atoms with Gasteiger partial charge in [-0.1, -0.05) is 60.7 Å². The normalized spacial score (nSPS) is 15.1. The number of nitrogens with one attached hydrogen (secondary N) is 1. The van der Waals surface area contributed by atoms with E-state index in [2.05, 4.69) is 70.9 Å². The molecule has 1 aliphatic heterocycles. The van der Waals surface area contributed by atoms with Gasteiger partial charge in [-0.25, -0.2) is 0 Å². The van der Waals surface area contributed by atoms with Crippen molar-refractivity contribution in [1.29, 1.82) is 0 Å². The lowest BCUT2D eigenvalue weighted by atomic mass is 9.77. The standard InChI is InChI=1S/C20H25ClN2.2ClH/c21-13-7-12-20(18-8-3-1-4-9-18,19-10-5-2-6-11-19)23-16-14-22-15-17-23;;/h1-6,8-11,22H,7,12-17H2;2*1H. The number of alkyl halides is 1. The molecular weight excluding hydrogens is 375 g/mol. The van der Waals surface area contributed by atoms with E-state index in [9.17, 15) is 0 Å². The van der Waals surface area contributed by atoms with Gasteiger partial charge < -0.3 is 5.32 Å². The van der Waals surface area contributed by atoms with E-state index in [1.807, 2.05) is 0 Å². The zero-order valence-corrected chi connectivity index (χ0v) is 16.8. The first-order chi connectivity index (χ1) is 11.4. The number of piperazine rings is 1. The molecule has 138 valence electrons. The van der Waals surface area contributed by atoms with E-state index in [-0.39, 0.29) is 30.4 Å². The fourth-order valence-corrected chi connectivity index (χ4v) is 3.91. The number of benzene rings is 2. The smallest absolute Gasteiger partial charge is 0.0716 e. The SMILES string of the molecule is Cl.Cl.ClCCCC(c1ccccc1)(c1ccccc1)N1CCNCC1. The predicted octanol–water partition coefficient (Wildman–Crippen LogP) is 4.70. The topological polar surface area (TPSA) is 15.3 Å². The molecule has 5 heteroatoms. The van der Waals surface area contributed by atoms with E-state index in [1.165, 1.54) is 11.1 Å². The molecule has 0 amide bonds. The Morgan fingerprint density at radius 3 is 1.76 bits per heavy atom. The summed E-state index contributed by atoms with van der Waals surface area (Å²) in [6.07, 6.45) is 2.06. The Hall–Kier alpha value is -0.770. The van der Waals surface area contributed by atoms with Crippen LogP contribution in [0.1, 0.15) is 24.0 Å². The van der Waals surface area contributed by atoms with Crippen LogP contribution in [0.2, 0.25) is 0 Å². The second-order valence-electron chi connectivity index (χ2n) is 6.12. The summed E-state index contributed by atoms with van der Waals surface area (Å²) in [5.41, 5.74) is 2.66. The number of nitrogens with zero attached hydrogens (tertiary/aromatic N) is 1. The average Bonchev–Trinajstić information content (AvgIpc) is 2.65. The fraction of sp³-hybridized carbons (Fsp3) is 0.400. The van der Waals surface area contributed by atoms with Crippen molar-refractivity contribution < 1.29 is 0 Å². The van der Waals surface area contributed by atoms with Crippen LogP contribution in [0, 0.1) is 0 Å². The highest BCUT2D eigenvalue weighted by molar-refractivity contribution is 6.17. The Morgan fingerprint density at radius 2 is 1.32 bits per heavy atom. The molecule has 0 aromatic heterocycles. The van der Waals surface area contributed by atoms with Crippen molar-refractivity contribution in [3.8, 4) is 0 Å². The third-order valence-electron chi connectivity index (χ3n) is 4.83. The second kappa shape index (κ2) is 11.1. The van der Waals surface area contributed by atoms with E-state index in [1.54, 1.807) is 0 Å². The van der Waals surface area contributed by atoms with Crippen LogP contribution in [0.4, 0.5) is 0 Å². The summed E-state index contributed by atoms with van der Waals surface area (Å²) < 4.78 is 0. The van der Waals surface area contributed by atoms with Crippen LogP contribution in [0.5, 0.6) is 0 Å². The van der Waals surface area contributed by atoms with Gasteiger partial charge in [0, 0.05) is 32.1 Å². The van der Waals surface area contributed by atoms with Gasteiger partial charge in [0.25, 0.3) is 0 Å². The molecule has 2 aromatic rings. The molecule has 25 heavy (non-hydrogen) atoms. The number of rotatable bonds is 6. The van der Waals surface area contributed by atoms with Crippen molar-refractivity contribution in [2.24, 2.45) is 0 Å². The van der Waals surface area contributed by atoms with E-state index < -0.39 is 0 Å². The van der Waals surface area contributed by atoms with Crippen LogP contribution >= 0.6 is 36.4 Å². The van der Waals surface area contributed by atoms with Crippen molar-refractivity contribution in [3.63, 3.8) is 0 Å². The molecule has 3 rings (SSSR count). The maximum atomic E-state index is 6.09. The van der Waals surface area contributed by atoms with Gasteiger partial charge in [-0.15, -0.1) is 36.4 Å². The first-order valence-electron chi connectivity index (χ1n) is 8.51. The Bertz CT molecular complexity index is 547. The van der Waals surface area contributed by atoms with Gasteiger partial charge >= 0.3 is 0 Å². The lowest BCUT2D eigenvalue weighted by Gasteiger charge is -2.47. The third kappa shape index (κ3) is 4.90. The van der Waals surface area contributed by atoms with Crippen LogP contribution in [0.25, 0.3) is 0 Å². The lowest BCUT2D eigenvalue weighted by molar-refractivity contribution is 0.0957. The maximum Gasteiger partial charge on any atom is 0.0716 e. The van der Waals surface area contributed by atoms with Crippen molar-refractivity contribution in [1.82, 2.24) is 10.2 Å². The van der Waals surface area contributed by atoms with E-state index >= 15 is 0 Å². The van der Waals surface area contributed by atoms with Gasteiger partial charge in [0.1, 0.15) is 0 Å². The predicted molar refractivity (Wildman–Crippen MR) is 113 cm³/mol. The van der Waals surface area contributed by atoms with Crippen molar-refractivity contribution in [2.75, 3.05) is 32.1 Å².